The van der Waals surface area contributed by atoms with E-state index in [0.717, 1.165) is 0 Å². The molecule has 3 rings (SSSR count). The van der Waals surface area contributed by atoms with E-state index in [0.29, 0.717) is 35.5 Å². The smallest absolute Gasteiger partial charge is 0.238 e. The minimum atomic E-state index is -0.298. The lowest BCUT2D eigenvalue weighted by Gasteiger charge is -2.22. The number of rotatable bonds is 6. The van der Waals surface area contributed by atoms with Gasteiger partial charge in [0.25, 0.3) is 0 Å². The van der Waals surface area contributed by atoms with Crippen LogP contribution in [0.15, 0.2) is 42.5 Å². The third kappa shape index (κ3) is 3.29. The molecule has 0 spiro atoms. The van der Waals surface area contributed by atoms with Crippen molar-refractivity contribution in [1.82, 2.24) is 4.90 Å². The molecule has 1 aliphatic carbocycles. The van der Waals surface area contributed by atoms with E-state index in [1.807, 2.05) is 6.92 Å². The molecule has 0 fully saturated rings. The van der Waals surface area contributed by atoms with Crippen molar-refractivity contribution in [1.29, 1.82) is 0 Å². The van der Waals surface area contributed by atoms with Gasteiger partial charge in [0.2, 0.25) is 5.91 Å². The maximum Gasteiger partial charge on any atom is 0.238 e. The molecule has 1 amide bonds. The number of carbonyl (C=O) groups is 3. The summed E-state index contributed by atoms with van der Waals surface area (Å²) >= 11 is 0. The van der Waals surface area contributed by atoms with Gasteiger partial charge in [0.05, 0.1) is 24.4 Å². The molecule has 0 unspecified atom stereocenters. The molecule has 26 heavy (non-hydrogen) atoms. The minimum Gasteiger partial charge on any atom is -0.395 e. The van der Waals surface area contributed by atoms with Crippen LogP contribution in [-0.2, 0) is 4.79 Å². The predicted octanol–water partition coefficient (Wildman–Crippen LogP) is 1.71. The maximum absolute atomic E-state index is 12.9. The Morgan fingerprint density at radius 1 is 1.00 bits per heavy atom. The normalized spacial score (nSPS) is 12.7. The van der Waals surface area contributed by atoms with Crippen LogP contribution < -0.4 is 5.32 Å². The Labute approximate surface area is 151 Å². The number of ketones is 2. The van der Waals surface area contributed by atoms with Gasteiger partial charge in [-0.1, -0.05) is 43.3 Å². The molecule has 0 bridgehead atoms. The highest BCUT2D eigenvalue weighted by Gasteiger charge is 2.31. The van der Waals surface area contributed by atoms with E-state index in [1.165, 1.54) is 0 Å². The van der Waals surface area contributed by atoms with Crippen molar-refractivity contribution < 1.29 is 19.5 Å². The number of benzene rings is 2. The molecule has 0 aliphatic heterocycles. The summed E-state index contributed by atoms with van der Waals surface area (Å²) in [6.07, 6.45) is 0. The Bertz CT molecular complexity index is 876. The summed E-state index contributed by atoms with van der Waals surface area (Å²) in [4.78, 5) is 39.7. The molecule has 0 aromatic heterocycles. The van der Waals surface area contributed by atoms with Gasteiger partial charge in [-0.2, -0.15) is 0 Å². The molecule has 2 aromatic carbocycles. The van der Waals surface area contributed by atoms with E-state index in [4.69, 9.17) is 5.11 Å². The lowest BCUT2D eigenvalue weighted by atomic mass is 9.83. The van der Waals surface area contributed by atoms with Gasteiger partial charge in [0, 0.05) is 23.2 Å². The molecular weight excluding hydrogens is 332 g/mol. The number of carbonyl (C=O) groups excluding carboxylic acids is 3. The highest BCUT2D eigenvalue weighted by molar-refractivity contribution is 6.30. The zero-order valence-corrected chi connectivity index (χ0v) is 14.5. The molecular formula is C20H20N2O4. The maximum atomic E-state index is 12.9. The summed E-state index contributed by atoms with van der Waals surface area (Å²) in [5.41, 5.74) is 1.60. The zero-order chi connectivity index (χ0) is 18.7. The number of likely N-dealkylation sites (N-methyl/N-ethyl adjacent to an activating group) is 1. The SMILES string of the molecule is CCN(CCO)CC(=O)Nc1cccc2c1C(=O)c1ccccc1C2=O. The number of nitrogens with zero attached hydrogens (tertiary/aromatic N) is 1. The number of amides is 1. The highest BCUT2D eigenvalue weighted by atomic mass is 16.3. The largest absolute Gasteiger partial charge is 0.395 e. The van der Waals surface area contributed by atoms with E-state index in [-0.39, 0.29) is 36.2 Å². The second-order valence-electron chi connectivity index (χ2n) is 6.07. The Hall–Kier alpha value is -2.83. The van der Waals surface area contributed by atoms with E-state index in [2.05, 4.69) is 5.32 Å². The standard InChI is InChI=1S/C20H20N2O4/c1-2-22(10-11-23)12-17(24)21-16-9-5-8-15-18(16)20(26)14-7-4-3-6-13(14)19(15)25/h3-9,23H,2,10-12H2,1H3,(H,21,24). The summed E-state index contributed by atoms with van der Waals surface area (Å²) in [7, 11) is 0. The van der Waals surface area contributed by atoms with Crippen molar-refractivity contribution >= 4 is 23.2 Å². The van der Waals surface area contributed by atoms with Gasteiger partial charge in [0.15, 0.2) is 11.6 Å². The fourth-order valence-electron chi connectivity index (χ4n) is 3.13. The van der Waals surface area contributed by atoms with Gasteiger partial charge in [-0.05, 0) is 12.6 Å². The van der Waals surface area contributed by atoms with Crippen molar-refractivity contribution in [3.8, 4) is 0 Å². The van der Waals surface area contributed by atoms with Crippen LogP contribution in [0.4, 0.5) is 5.69 Å². The predicted molar refractivity (Wildman–Crippen MR) is 97.6 cm³/mol. The average molecular weight is 352 g/mol. The number of fused-ring (bicyclic) bond motifs is 2. The first-order valence-electron chi connectivity index (χ1n) is 8.51. The molecule has 0 radical (unpaired) electrons. The Balaban J connectivity index is 1.91. The third-order valence-corrected chi connectivity index (χ3v) is 4.46. The van der Waals surface area contributed by atoms with E-state index in [9.17, 15) is 14.4 Å². The van der Waals surface area contributed by atoms with E-state index in [1.54, 1.807) is 47.4 Å². The molecule has 0 heterocycles. The van der Waals surface area contributed by atoms with Gasteiger partial charge < -0.3 is 10.4 Å². The van der Waals surface area contributed by atoms with Gasteiger partial charge in [-0.15, -0.1) is 0 Å². The van der Waals surface area contributed by atoms with Crippen molar-refractivity contribution in [2.75, 3.05) is 31.6 Å². The molecule has 0 saturated heterocycles. The molecule has 6 heteroatoms. The van der Waals surface area contributed by atoms with Crippen LogP contribution in [0.3, 0.4) is 0 Å². The number of hydrogen-bond donors (Lipinski definition) is 2. The number of hydrogen-bond acceptors (Lipinski definition) is 5. The fraction of sp³-hybridized carbons (Fsp3) is 0.250. The van der Waals surface area contributed by atoms with Crippen molar-refractivity contribution in [3.63, 3.8) is 0 Å². The van der Waals surface area contributed by atoms with Crippen LogP contribution in [0.5, 0.6) is 0 Å². The first-order valence-corrected chi connectivity index (χ1v) is 8.51. The molecule has 0 atom stereocenters. The molecule has 2 aromatic rings. The first kappa shape index (κ1) is 18.0. The van der Waals surface area contributed by atoms with Crippen LogP contribution in [-0.4, -0.2) is 53.7 Å². The van der Waals surface area contributed by atoms with Crippen molar-refractivity contribution in [2.45, 2.75) is 6.92 Å². The summed E-state index contributed by atoms with van der Waals surface area (Å²) in [5, 5.41) is 11.8. The number of nitrogens with one attached hydrogen (secondary N) is 1. The van der Waals surface area contributed by atoms with Crippen LogP contribution >= 0.6 is 0 Å². The van der Waals surface area contributed by atoms with Crippen molar-refractivity contribution in [2.24, 2.45) is 0 Å². The monoisotopic (exact) mass is 352 g/mol. The number of anilines is 1. The summed E-state index contributed by atoms with van der Waals surface area (Å²) in [6, 6.07) is 11.6. The topological polar surface area (TPSA) is 86.7 Å². The zero-order valence-electron chi connectivity index (χ0n) is 14.5. The third-order valence-electron chi connectivity index (χ3n) is 4.46. The fourth-order valence-corrected chi connectivity index (χ4v) is 3.13. The molecule has 6 nitrogen and oxygen atoms in total. The van der Waals surface area contributed by atoms with Gasteiger partial charge >= 0.3 is 0 Å². The lowest BCUT2D eigenvalue weighted by molar-refractivity contribution is -0.117. The van der Waals surface area contributed by atoms with Crippen LogP contribution in [0.25, 0.3) is 0 Å². The van der Waals surface area contributed by atoms with Gasteiger partial charge in [-0.3, -0.25) is 19.3 Å². The second-order valence-corrected chi connectivity index (χ2v) is 6.07. The van der Waals surface area contributed by atoms with E-state index >= 15 is 0 Å². The molecule has 2 N–H and O–H groups in total. The van der Waals surface area contributed by atoms with Crippen LogP contribution in [0.2, 0.25) is 0 Å². The highest BCUT2D eigenvalue weighted by Crippen LogP contribution is 2.31. The average Bonchev–Trinajstić information content (AvgIpc) is 2.65. The Morgan fingerprint density at radius 3 is 2.31 bits per heavy atom. The Morgan fingerprint density at radius 2 is 1.65 bits per heavy atom. The minimum absolute atomic E-state index is 0.0361. The lowest BCUT2D eigenvalue weighted by Crippen LogP contribution is -2.35. The summed E-state index contributed by atoms with van der Waals surface area (Å²) in [5.74, 6) is -0.789. The van der Waals surface area contributed by atoms with Crippen molar-refractivity contribution in [3.05, 3.63) is 64.7 Å². The summed E-state index contributed by atoms with van der Waals surface area (Å²) in [6.45, 7) is 2.96. The molecule has 1 aliphatic rings. The molecule has 134 valence electrons. The summed E-state index contributed by atoms with van der Waals surface area (Å²) < 4.78 is 0. The number of aliphatic hydroxyl groups excluding tert-OH is 1. The first-order chi connectivity index (χ1) is 12.6. The molecule has 0 saturated carbocycles. The second kappa shape index (κ2) is 7.59. The van der Waals surface area contributed by atoms with Crippen LogP contribution in [0, 0.1) is 0 Å². The van der Waals surface area contributed by atoms with Crippen LogP contribution in [0.1, 0.15) is 38.8 Å². The van der Waals surface area contributed by atoms with Gasteiger partial charge in [0.1, 0.15) is 0 Å². The number of aliphatic hydroxyl groups is 1. The Kier molecular flexibility index (Phi) is 5.25. The van der Waals surface area contributed by atoms with E-state index < -0.39 is 0 Å². The quantitative estimate of drug-likeness (QED) is 0.705. The van der Waals surface area contributed by atoms with Gasteiger partial charge in [-0.25, -0.2) is 0 Å².